The first-order valence-electron chi connectivity index (χ1n) is 7.16. The number of hydrogen-bond acceptors (Lipinski definition) is 3. The normalized spacial score (nSPS) is 10.4. The Morgan fingerprint density at radius 2 is 1.91 bits per heavy atom. The summed E-state index contributed by atoms with van der Waals surface area (Å²) in [5.41, 5.74) is 1.89. The smallest absolute Gasteiger partial charge is 0.257 e. The summed E-state index contributed by atoms with van der Waals surface area (Å²) < 4.78 is 5.53. The highest BCUT2D eigenvalue weighted by Crippen LogP contribution is 2.25. The fraction of sp³-hybridized carbons (Fsp3) is 0.111. The lowest BCUT2D eigenvalue weighted by atomic mass is 10.1. The number of hydrogen-bond donors (Lipinski definition) is 1. The van der Waals surface area contributed by atoms with Gasteiger partial charge in [-0.05, 0) is 31.2 Å². The van der Waals surface area contributed by atoms with E-state index in [1.54, 1.807) is 12.3 Å². The van der Waals surface area contributed by atoms with E-state index in [-0.39, 0.29) is 5.91 Å². The first-order valence-corrected chi connectivity index (χ1v) is 7.16. The molecule has 0 aliphatic heterocycles. The number of rotatable bonds is 4. The monoisotopic (exact) mass is 292 g/mol. The average Bonchev–Trinajstić information content (AvgIpc) is 2.56. The van der Waals surface area contributed by atoms with Crippen LogP contribution in [0.2, 0.25) is 0 Å². The molecule has 0 fully saturated rings. The van der Waals surface area contributed by atoms with Crippen LogP contribution in [-0.2, 0) is 0 Å². The van der Waals surface area contributed by atoms with Crippen LogP contribution in [0.4, 0.5) is 5.69 Å². The van der Waals surface area contributed by atoms with E-state index in [9.17, 15) is 4.79 Å². The molecule has 110 valence electrons. The van der Waals surface area contributed by atoms with E-state index in [2.05, 4.69) is 10.3 Å². The minimum absolute atomic E-state index is 0.198. The quantitative estimate of drug-likeness (QED) is 0.793. The van der Waals surface area contributed by atoms with Crippen molar-refractivity contribution in [2.75, 3.05) is 11.9 Å². The van der Waals surface area contributed by atoms with E-state index in [1.807, 2.05) is 55.5 Å². The fourth-order valence-corrected chi connectivity index (χ4v) is 2.33. The Morgan fingerprint density at radius 1 is 1.09 bits per heavy atom. The Hall–Kier alpha value is -2.88. The largest absolute Gasteiger partial charge is 0.492 e. The van der Waals surface area contributed by atoms with Gasteiger partial charge in [-0.2, -0.15) is 0 Å². The Labute approximate surface area is 128 Å². The zero-order valence-corrected chi connectivity index (χ0v) is 12.2. The predicted octanol–water partition coefficient (Wildman–Crippen LogP) is 3.89. The minimum Gasteiger partial charge on any atom is -0.492 e. The summed E-state index contributed by atoms with van der Waals surface area (Å²) in [7, 11) is 0. The van der Waals surface area contributed by atoms with Crippen LogP contribution in [0.25, 0.3) is 10.9 Å². The molecule has 4 nitrogen and oxygen atoms in total. The predicted molar refractivity (Wildman–Crippen MR) is 87.3 cm³/mol. The lowest BCUT2D eigenvalue weighted by molar-refractivity contribution is 0.102. The second kappa shape index (κ2) is 6.26. The average molecular weight is 292 g/mol. The van der Waals surface area contributed by atoms with Crippen molar-refractivity contribution in [3.8, 4) is 5.75 Å². The maximum atomic E-state index is 12.6. The van der Waals surface area contributed by atoms with E-state index in [4.69, 9.17) is 4.74 Å². The summed E-state index contributed by atoms with van der Waals surface area (Å²) in [6.07, 6.45) is 1.69. The van der Waals surface area contributed by atoms with Crippen LogP contribution in [0.15, 0.2) is 60.8 Å². The van der Waals surface area contributed by atoms with E-state index in [0.29, 0.717) is 29.1 Å². The molecule has 3 aromatic rings. The van der Waals surface area contributed by atoms with Crippen molar-refractivity contribution in [3.63, 3.8) is 0 Å². The molecule has 2 aromatic carbocycles. The molecule has 0 atom stereocenters. The molecule has 1 N–H and O–H groups in total. The van der Waals surface area contributed by atoms with Gasteiger partial charge in [0, 0.05) is 11.6 Å². The van der Waals surface area contributed by atoms with E-state index >= 15 is 0 Å². The number of fused-ring (bicyclic) bond motifs is 1. The van der Waals surface area contributed by atoms with Crippen LogP contribution in [0.3, 0.4) is 0 Å². The maximum Gasteiger partial charge on any atom is 0.257 e. The molecule has 22 heavy (non-hydrogen) atoms. The molecule has 0 aliphatic carbocycles. The third-order valence-electron chi connectivity index (χ3n) is 3.31. The van der Waals surface area contributed by atoms with Crippen molar-refractivity contribution in [3.05, 3.63) is 66.4 Å². The Morgan fingerprint density at radius 3 is 2.77 bits per heavy atom. The van der Waals surface area contributed by atoms with E-state index < -0.39 is 0 Å². The van der Waals surface area contributed by atoms with Gasteiger partial charge in [-0.1, -0.05) is 30.3 Å². The highest BCUT2D eigenvalue weighted by molar-refractivity contribution is 6.12. The molecule has 0 unspecified atom stereocenters. The number of anilines is 1. The molecule has 0 radical (unpaired) electrons. The summed E-state index contributed by atoms with van der Waals surface area (Å²) in [4.78, 5) is 16.9. The van der Waals surface area contributed by atoms with Crippen molar-refractivity contribution in [2.24, 2.45) is 0 Å². The Bertz CT molecular complexity index is 810. The molecule has 4 heteroatoms. The zero-order chi connectivity index (χ0) is 15.4. The third kappa shape index (κ3) is 2.76. The molecule has 1 heterocycles. The molecule has 0 saturated carbocycles. The second-order valence-corrected chi connectivity index (χ2v) is 4.76. The number of para-hydroxylation sites is 3. The standard InChI is InChI=1S/C18H16N2O2/c1-2-22-16-11-4-3-10-15(16)20-18(21)14-9-5-7-13-8-6-12-19-17(13)14/h3-12H,2H2,1H3,(H,20,21). The van der Waals surface area contributed by atoms with Gasteiger partial charge in [0.2, 0.25) is 0 Å². The molecule has 3 rings (SSSR count). The molecule has 0 saturated heterocycles. The summed E-state index contributed by atoms with van der Waals surface area (Å²) in [6.45, 7) is 2.45. The number of ether oxygens (including phenoxy) is 1. The number of nitrogens with zero attached hydrogens (tertiary/aromatic N) is 1. The summed E-state index contributed by atoms with van der Waals surface area (Å²) in [5.74, 6) is 0.461. The van der Waals surface area contributed by atoms with Crippen LogP contribution >= 0.6 is 0 Å². The van der Waals surface area contributed by atoms with Crippen LogP contribution in [0, 0.1) is 0 Å². The van der Waals surface area contributed by atoms with Crippen LogP contribution in [0.5, 0.6) is 5.75 Å². The van der Waals surface area contributed by atoms with Gasteiger partial charge in [0.25, 0.3) is 5.91 Å². The summed E-state index contributed by atoms with van der Waals surface area (Å²) in [6, 6.07) is 16.7. The topological polar surface area (TPSA) is 51.2 Å². The highest BCUT2D eigenvalue weighted by atomic mass is 16.5. The van der Waals surface area contributed by atoms with Crippen LogP contribution in [0.1, 0.15) is 17.3 Å². The lowest BCUT2D eigenvalue weighted by Gasteiger charge is -2.12. The van der Waals surface area contributed by atoms with E-state index in [0.717, 1.165) is 5.39 Å². The molecular weight excluding hydrogens is 276 g/mol. The van der Waals surface area contributed by atoms with Crippen molar-refractivity contribution in [1.29, 1.82) is 0 Å². The van der Waals surface area contributed by atoms with Crippen LogP contribution < -0.4 is 10.1 Å². The summed E-state index contributed by atoms with van der Waals surface area (Å²) in [5, 5.41) is 3.84. The van der Waals surface area contributed by atoms with Crippen molar-refractivity contribution < 1.29 is 9.53 Å². The molecule has 0 bridgehead atoms. The molecular formula is C18H16N2O2. The van der Waals surface area contributed by atoms with Gasteiger partial charge < -0.3 is 10.1 Å². The van der Waals surface area contributed by atoms with Gasteiger partial charge >= 0.3 is 0 Å². The number of carbonyl (C=O) groups excluding carboxylic acids is 1. The molecule has 1 aromatic heterocycles. The fourth-order valence-electron chi connectivity index (χ4n) is 2.33. The van der Waals surface area contributed by atoms with Crippen molar-refractivity contribution in [2.45, 2.75) is 6.92 Å². The van der Waals surface area contributed by atoms with Gasteiger partial charge in [0.05, 0.1) is 23.4 Å². The van der Waals surface area contributed by atoms with Gasteiger partial charge in [0.15, 0.2) is 0 Å². The highest BCUT2D eigenvalue weighted by Gasteiger charge is 2.13. The van der Waals surface area contributed by atoms with Crippen LogP contribution in [-0.4, -0.2) is 17.5 Å². The minimum atomic E-state index is -0.198. The Balaban J connectivity index is 1.94. The molecule has 0 aliphatic rings. The number of pyridine rings is 1. The third-order valence-corrected chi connectivity index (χ3v) is 3.31. The zero-order valence-electron chi connectivity index (χ0n) is 12.2. The van der Waals surface area contributed by atoms with E-state index in [1.165, 1.54) is 0 Å². The van der Waals surface area contributed by atoms with Crippen molar-refractivity contribution >= 4 is 22.5 Å². The van der Waals surface area contributed by atoms with Gasteiger partial charge in [-0.3, -0.25) is 9.78 Å². The first kappa shape index (κ1) is 14.1. The van der Waals surface area contributed by atoms with Crippen molar-refractivity contribution in [1.82, 2.24) is 4.98 Å². The number of carbonyl (C=O) groups is 1. The molecule has 0 spiro atoms. The van der Waals surface area contributed by atoms with Gasteiger partial charge in [-0.25, -0.2) is 0 Å². The second-order valence-electron chi connectivity index (χ2n) is 4.76. The van der Waals surface area contributed by atoms with Gasteiger partial charge in [0.1, 0.15) is 5.75 Å². The lowest BCUT2D eigenvalue weighted by Crippen LogP contribution is -2.13. The molecule has 1 amide bonds. The summed E-state index contributed by atoms with van der Waals surface area (Å²) >= 11 is 0. The number of benzene rings is 2. The first-order chi connectivity index (χ1) is 10.8. The number of amides is 1. The van der Waals surface area contributed by atoms with Gasteiger partial charge in [-0.15, -0.1) is 0 Å². The number of nitrogens with one attached hydrogen (secondary N) is 1. The number of aromatic nitrogens is 1. The maximum absolute atomic E-state index is 12.6. The SMILES string of the molecule is CCOc1ccccc1NC(=O)c1cccc2cccnc12. The Kier molecular flexibility index (Phi) is 4.01.